The number of nitrogens with zero attached hydrogens (tertiary/aromatic N) is 4. The van der Waals surface area contributed by atoms with E-state index in [0.717, 1.165) is 0 Å². The Labute approximate surface area is 137 Å². The quantitative estimate of drug-likeness (QED) is 0.473. The number of nitro benzene ring substituents is 2. The topological polar surface area (TPSA) is 111 Å². The first-order valence-corrected chi connectivity index (χ1v) is 6.98. The van der Waals surface area contributed by atoms with Gasteiger partial charge in [0.25, 0.3) is 11.4 Å². The summed E-state index contributed by atoms with van der Waals surface area (Å²) in [6, 6.07) is 12.4. The van der Waals surface area contributed by atoms with E-state index in [2.05, 4.69) is 10.2 Å². The van der Waals surface area contributed by atoms with Crippen LogP contribution in [0, 0.1) is 20.2 Å². The zero-order valence-corrected chi connectivity index (χ0v) is 13.0. The lowest BCUT2D eigenvalue weighted by Crippen LogP contribution is -2.03. The van der Waals surface area contributed by atoms with Gasteiger partial charge in [0.05, 0.1) is 32.4 Å². The van der Waals surface area contributed by atoms with Crippen molar-refractivity contribution in [3.63, 3.8) is 0 Å². The fourth-order valence-corrected chi connectivity index (χ4v) is 2.14. The first kappa shape index (κ1) is 16.9. The molecule has 0 fully saturated rings. The standard InChI is InChI=1S/C16H14N4O4/c1-11(13-7-3-5-9-15(13)19(21)22)17-18-12(2)14-8-4-6-10-16(14)20(23)24/h3-10H,1-2H3/b17-11-,18-12+. The Morgan fingerprint density at radius 1 is 0.750 bits per heavy atom. The second kappa shape index (κ2) is 7.23. The third-order valence-electron chi connectivity index (χ3n) is 3.33. The summed E-state index contributed by atoms with van der Waals surface area (Å²) < 4.78 is 0. The summed E-state index contributed by atoms with van der Waals surface area (Å²) in [5.74, 6) is 0. The van der Waals surface area contributed by atoms with Gasteiger partial charge in [-0.05, 0) is 26.0 Å². The molecule has 122 valence electrons. The van der Waals surface area contributed by atoms with Gasteiger partial charge in [0, 0.05) is 12.1 Å². The van der Waals surface area contributed by atoms with Crippen molar-refractivity contribution >= 4 is 22.8 Å². The van der Waals surface area contributed by atoms with Gasteiger partial charge in [0.2, 0.25) is 0 Å². The van der Waals surface area contributed by atoms with E-state index in [1.165, 1.54) is 12.1 Å². The van der Waals surface area contributed by atoms with Crippen molar-refractivity contribution in [2.45, 2.75) is 13.8 Å². The second-order valence-corrected chi connectivity index (χ2v) is 4.92. The molecular formula is C16H14N4O4. The summed E-state index contributed by atoms with van der Waals surface area (Å²) in [6.07, 6.45) is 0. The number of para-hydroxylation sites is 2. The molecule has 0 atom stereocenters. The minimum atomic E-state index is -0.493. The minimum absolute atomic E-state index is 0.0719. The Hall–Kier alpha value is -3.42. The third-order valence-corrected chi connectivity index (χ3v) is 3.33. The van der Waals surface area contributed by atoms with Gasteiger partial charge in [-0.1, -0.05) is 24.3 Å². The maximum Gasteiger partial charge on any atom is 0.278 e. The highest BCUT2D eigenvalue weighted by Crippen LogP contribution is 2.20. The van der Waals surface area contributed by atoms with Gasteiger partial charge < -0.3 is 0 Å². The number of rotatable bonds is 5. The van der Waals surface area contributed by atoms with Crippen molar-refractivity contribution in [1.29, 1.82) is 0 Å². The van der Waals surface area contributed by atoms with Crippen LogP contribution < -0.4 is 0 Å². The lowest BCUT2D eigenvalue weighted by molar-refractivity contribution is -0.385. The van der Waals surface area contributed by atoms with Crippen LogP contribution in [-0.2, 0) is 0 Å². The second-order valence-electron chi connectivity index (χ2n) is 4.92. The molecule has 0 bridgehead atoms. The molecule has 8 heteroatoms. The predicted octanol–water partition coefficient (Wildman–Crippen LogP) is 3.74. The Kier molecular flexibility index (Phi) is 5.10. The average molecular weight is 326 g/mol. The molecule has 2 rings (SSSR count). The van der Waals surface area contributed by atoms with E-state index in [1.807, 2.05) is 0 Å². The zero-order chi connectivity index (χ0) is 17.7. The molecule has 0 spiro atoms. The molecule has 0 saturated heterocycles. The maximum atomic E-state index is 11.0. The monoisotopic (exact) mass is 326 g/mol. The molecule has 0 aliphatic rings. The highest BCUT2D eigenvalue weighted by Gasteiger charge is 2.16. The summed E-state index contributed by atoms with van der Waals surface area (Å²) in [4.78, 5) is 21.1. The Balaban J connectivity index is 2.41. The van der Waals surface area contributed by atoms with E-state index < -0.39 is 9.85 Å². The number of hydrogen-bond donors (Lipinski definition) is 0. The fraction of sp³-hybridized carbons (Fsp3) is 0.125. The lowest BCUT2D eigenvalue weighted by atomic mass is 10.1. The SMILES string of the molecule is C/C(=N/N=C(\C)c1ccccc1[N+](=O)[O-])c1ccccc1[N+](=O)[O-]. The minimum Gasteiger partial charge on any atom is -0.258 e. The number of hydrogen-bond acceptors (Lipinski definition) is 6. The van der Waals surface area contributed by atoms with Crippen LogP contribution in [-0.4, -0.2) is 21.3 Å². The summed E-state index contributed by atoms with van der Waals surface area (Å²) in [5, 5.41) is 30.1. The van der Waals surface area contributed by atoms with Crippen molar-refractivity contribution in [3.05, 3.63) is 79.9 Å². The van der Waals surface area contributed by atoms with E-state index >= 15 is 0 Å². The van der Waals surface area contributed by atoms with Gasteiger partial charge in [-0.3, -0.25) is 20.2 Å². The molecule has 24 heavy (non-hydrogen) atoms. The van der Waals surface area contributed by atoms with Crippen LogP contribution in [0.3, 0.4) is 0 Å². The van der Waals surface area contributed by atoms with Crippen LogP contribution in [0.15, 0.2) is 58.7 Å². The summed E-state index contributed by atoms with van der Waals surface area (Å²) in [7, 11) is 0. The van der Waals surface area contributed by atoms with Crippen LogP contribution in [0.1, 0.15) is 25.0 Å². The van der Waals surface area contributed by atoms with Gasteiger partial charge >= 0.3 is 0 Å². The van der Waals surface area contributed by atoms with Crippen LogP contribution in [0.4, 0.5) is 11.4 Å². The predicted molar refractivity (Wildman–Crippen MR) is 90.6 cm³/mol. The van der Waals surface area contributed by atoms with Crippen LogP contribution in [0.5, 0.6) is 0 Å². The van der Waals surface area contributed by atoms with E-state index in [-0.39, 0.29) is 11.4 Å². The van der Waals surface area contributed by atoms with Crippen LogP contribution in [0.25, 0.3) is 0 Å². The molecular weight excluding hydrogens is 312 g/mol. The molecule has 0 heterocycles. The van der Waals surface area contributed by atoms with E-state index in [4.69, 9.17) is 0 Å². The fourth-order valence-electron chi connectivity index (χ4n) is 2.14. The summed E-state index contributed by atoms with van der Waals surface area (Å²) >= 11 is 0. The molecule has 0 radical (unpaired) electrons. The molecule has 0 aliphatic carbocycles. The van der Waals surface area contributed by atoms with Crippen molar-refractivity contribution in [2.24, 2.45) is 10.2 Å². The zero-order valence-electron chi connectivity index (χ0n) is 13.0. The van der Waals surface area contributed by atoms with Crippen molar-refractivity contribution < 1.29 is 9.85 Å². The van der Waals surface area contributed by atoms with Crippen molar-refractivity contribution in [2.75, 3.05) is 0 Å². The first-order chi connectivity index (χ1) is 11.4. The molecule has 0 aromatic heterocycles. The molecule has 0 amide bonds. The van der Waals surface area contributed by atoms with E-state index in [9.17, 15) is 20.2 Å². The largest absolute Gasteiger partial charge is 0.278 e. The smallest absolute Gasteiger partial charge is 0.258 e. The Morgan fingerprint density at radius 2 is 1.08 bits per heavy atom. The third kappa shape index (κ3) is 3.67. The van der Waals surface area contributed by atoms with Gasteiger partial charge in [-0.15, -0.1) is 0 Å². The number of nitro groups is 2. The average Bonchev–Trinajstić information content (AvgIpc) is 2.59. The molecule has 0 saturated carbocycles. The molecule has 2 aromatic carbocycles. The van der Waals surface area contributed by atoms with Gasteiger partial charge in [0.1, 0.15) is 0 Å². The van der Waals surface area contributed by atoms with E-state index in [1.54, 1.807) is 50.2 Å². The lowest BCUT2D eigenvalue weighted by Gasteiger charge is -2.02. The normalized spacial score (nSPS) is 12.1. The highest BCUT2D eigenvalue weighted by molar-refractivity contribution is 6.05. The Morgan fingerprint density at radius 3 is 1.42 bits per heavy atom. The maximum absolute atomic E-state index is 11.0. The van der Waals surface area contributed by atoms with E-state index in [0.29, 0.717) is 22.6 Å². The summed E-state index contributed by atoms with van der Waals surface area (Å²) in [5.41, 5.74) is 1.25. The van der Waals surface area contributed by atoms with Crippen LogP contribution in [0.2, 0.25) is 0 Å². The van der Waals surface area contributed by atoms with Crippen molar-refractivity contribution in [1.82, 2.24) is 0 Å². The molecule has 2 aromatic rings. The summed E-state index contributed by atoms with van der Waals surface area (Å²) in [6.45, 7) is 3.19. The van der Waals surface area contributed by atoms with Gasteiger partial charge in [0.15, 0.2) is 0 Å². The molecule has 0 N–H and O–H groups in total. The Bertz CT molecular complexity index is 787. The molecule has 0 aliphatic heterocycles. The van der Waals surface area contributed by atoms with Crippen molar-refractivity contribution in [3.8, 4) is 0 Å². The molecule has 8 nitrogen and oxygen atoms in total. The van der Waals surface area contributed by atoms with Gasteiger partial charge in [-0.2, -0.15) is 10.2 Å². The van der Waals surface area contributed by atoms with Gasteiger partial charge in [-0.25, -0.2) is 0 Å². The molecule has 0 unspecified atom stereocenters. The first-order valence-electron chi connectivity index (χ1n) is 6.98. The van der Waals surface area contributed by atoms with Crippen LogP contribution >= 0.6 is 0 Å². The number of benzene rings is 2. The highest BCUT2D eigenvalue weighted by atomic mass is 16.6.